The van der Waals surface area contributed by atoms with Gasteiger partial charge in [0.1, 0.15) is 22.1 Å². The van der Waals surface area contributed by atoms with Crippen LogP contribution in [0.25, 0.3) is 55.4 Å². The zero-order valence-corrected chi connectivity index (χ0v) is 63.3. The van der Waals surface area contributed by atoms with E-state index in [9.17, 15) is 14.4 Å². The van der Waals surface area contributed by atoms with Crippen molar-refractivity contribution in [3.8, 4) is 0 Å². The number of carbonyl (C=O) groups is 3. The molecule has 0 saturated carbocycles. The molecule has 5 saturated heterocycles. The number of oxazole rings is 4. The van der Waals surface area contributed by atoms with Crippen molar-refractivity contribution in [3.63, 3.8) is 0 Å². The summed E-state index contributed by atoms with van der Waals surface area (Å²) in [5.41, 5.74) is 17.6. The number of amides is 3. The Labute approximate surface area is 605 Å². The smallest absolute Gasteiger partial charge is 0.424 e. The van der Waals surface area contributed by atoms with E-state index in [0.29, 0.717) is 50.3 Å². The Morgan fingerprint density at radius 3 is 0.962 bits per heavy atom. The first-order chi connectivity index (χ1) is 48.1. The van der Waals surface area contributed by atoms with Crippen LogP contribution in [0.3, 0.4) is 0 Å². The third-order valence-corrected chi connectivity index (χ3v) is 20.7. The van der Waals surface area contributed by atoms with Crippen LogP contribution in [-0.2, 0) is 60.9 Å². The minimum absolute atomic E-state index is 0.168. The Balaban J connectivity index is 0.000000130. The molecule has 10 heterocycles. The predicted octanol–water partition coefficient (Wildman–Crippen LogP) is 9.67. The van der Waals surface area contributed by atoms with Crippen molar-refractivity contribution in [1.82, 2.24) is 25.1 Å². The average molecular weight is 1430 g/mol. The highest BCUT2D eigenvalue weighted by atomic mass is 16.7. The number of nitrogens with one attached hydrogen (secondary N) is 3. The topological polar surface area (TPSA) is 362 Å². The molecule has 0 bridgehead atoms. The van der Waals surface area contributed by atoms with Gasteiger partial charge in [-0.15, -0.1) is 0 Å². The maximum atomic E-state index is 11.2. The molecular weight excluding hydrogens is 1330 g/mol. The van der Waals surface area contributed by atoms with Crippen LogP contribution >= 0.6 is 0 Å². The van der Waals surface area contributed by atoms with Gasteiger partial charge < -0.3 is 85.5 Å². The molecule has 5 aromatic carbocycles. The van der Waals surface area contributed by atoms with E-state index in [1.165, 1.54) is 20.8 Å². The summed E-state index contributed by atoms with van der Waals surface area (Å²) in [7, 11) is -2.17. The molecule has 7 N–H and O–H groups in total. The molecule has 5 aromatic heterocycles. The summed E-state index contributed by atoms with van der Waals surface area (Å²) in [5.74, 6) is -0.243. The van der Waals surface area contributed by atoms with Crippen LogP contribution in [0.4, 0.5) is 29.9 Å². The van der Waals surface area contributed by atoms with Gasteiger partial charge in [-0.1, -0.05) is 35.5 Å². The number of nitrogens with two attached hydrogens (primary N) is 2. The number of rotatable bonds is 8. The predicted molar refractivity (Wildman–Crippen MR) is 400 cm³/mol. The zero-order valence-electron chi connectivity index (χ0n) is 63.3. The molecule has 0 unspecified atom stereocenters. The number of hydrogen-bond acceptors (Lipinski definition) is 25. The fourth-order valence-electron chi connectivity index (χ4n) is 11.1. The second kappa shape index (κ2) is 27.4. The van der Waals surface area contributed by atoms with Gasteiger partial charge in [-0.2, -0.15) is 19.9 Å². The molecule has 3 amide bonds. The maximum Gasteiger partial charge on any atom is 0.494 e. The van der Waals surface area contributed by atoms with Crippen molar-refractivity contribution in [2.45, 2.75) is 215 Å². The molecular formula is C71H91B5N10O18. The largest absolute Gasteiger partial charge is 0.494 e. The van der Waals surface area contributed by atoms with Crippen molar-refractivity contribution in [3.05, 3.63) is 91.0 Å². The highest BCUT2D eigenvalue weighted by Crippen LogP contribution is 2.42. The Morgan fingerprint density at radius 1 is 0.317 bits per heavy atom. The molecule has 28 nitrogen and oxygen atoms in total. The van der Waals surface area contributed by atoms with Crippen LogP contribution in [0.2, 0.25) is 0 Å². The summed E-state index contributed by atoms with van der Waals surface area (Å²) >= 11 is 0. The molecule has 5 aliphatic rings. The molecule has 10 aromatic rings. The van der Waals surface area contributed by atoms with Crippen molar-refractivity contribution < 1.29 is 83.1 Å². The van der Waals surface area contributed by atoms with E-state index < -0.39 is 69.2 Å². The van der Waals surface area contributed by atoms with Gasteiger partial charge in [-0.25, -0.2) is 0 Å². The van der Waals surface area contributed by atoms with Gasteiger partial charge in [-0.05, 0) is 226 Å². The normalized spacial score (nSPS) is 20.2. The van der Waals surface area contributed by atoms with E-state index in [2.05, 4.69) is 41.0 Å². The van der Waals surface area contributed by atoms with Crippen molar-refractivity contribution in [2.24, 2.45) is 0 Å². The molecule has 548 valence electrons. The monoisotopic (exact) mass is 1430 g/mol. The minimum atomic E-state index is -0.463. The first kappa shape index (κ1) is 76.5. The van der Waals surface area contributed by atoms with E-state index in [-0.39, 0.29) is 64.2 Å². The summed E-state index contributed by atoms with van der Waals surface area (Å²) in [6, 6.07) is 28.6. The number of benzene rings is 5. The van der Waals surface area contributed by atoms with E-state index in [0.717, 1.165) is 38.2 Å². The van der Waals surface area contributed by atoms with Crippen LogP contribution in [0.5, 0.6) is 0 Å². The van der Waals surface area contributed by atoms with Gasteiger partial charge in [0, 0.05) is 20.8 Å². The summed E-state index contributed by atoms with van der Waals surface area (Å²) < 4.78 is 86.9. The fraction of sp³-hybridized carbons (Fsp3) is 0.465. The van der Waals surface area contributed by atoms with Crippen molar-refractivity contribution in [2.75, 3.05) is 27.4 Å². The van der Waals surface area contributed by atoms with Gasteiger partial charge in [-0.3, -0.25) is 25.0 Å². The quantitative estimate of drug-likeness (QED) is 0.0883. The summed E-state index contributed by atoms with van der Waals surface area (Å²) in [6.45, 7) is 44.6. The van der Waals surface area contributed by atoms with E-state index in [1.54, 1.807) is 12.1 Å². The van der Waals surface area contributed by atoms with Gasteiger partial charge in [0.05, 0.1) is 61.4 Å². The maximum absolute atomic E-state index is 11.2. The van der Waals surface area contributed by atoms with Gasteiger partial charge in [0.15, 0.2) is 33.7 Å². The lowest BCUT2D eigenvalue weighted by atomic mass is 9.78. The number of nitrogens with zero attached hydrogens (tertiary/aromatic N) is 5. The molecule has 15 rings (SSSR count). The first-order valence-corrected chi connectivity index (χ1v) is 34.3. The first-order valence-electron chi connectivity index (χ1n) is 34.3. The number of nitrogen functional groups attached to an aromatic ring is 2. The van der Waals surface area contributed by atoms with E-state index >= 15 is 0 Å². The molecule has 5 fully saturated rings. The van der Waals surface area contributed by atoms with E-state index in [1.807, 2.05) is 217 Å². The Hall–Kier alpha value is -8.62. The Bertz CT molecular complexity index is 4560. The second-order valence-corrected chi connectivity index (χ2v) is 31.3. The molecule has 0 aliphatic carbocycles. The van der Waals surface area contributed by atoms with Crippen LogP contribution in [0.1, 0.15) is 159 Å². The molecule has 33 heteroatoms. The Morgan fingerprint density at radius 2 is 0.587 bits per heavy atom. The third-order valence-electron chi connectivity index (χ3n) is 20.7. The number of fused-ring (bicyclic) bond motifs is 5. The summed E-state index contributed by atoms with van der Waals surface area (Å²) in [6.07, 6.45) is 0. The third kappa shape index (κ3) is 15.8. The zero-order chi connectivity index (χ0) is 76.0. The van der Waals surface area contributed by atoms with Gasteiger partial charge in [0.2, 0.25) is 17.7 Å². The molecule has 5 aliphatic heterocycles. The lowest BCUT2D eigenvalue weighted by Gasteiger charge is -2.32. The highest BCUT2D eigenvalue weighted by Gasteiger charge is 2.56. The average Bonchev–Trinajstić information content (AvgIpc) is 1.67. The minimum Gasteiger partial charge on any atom is -0.424 e. The van der Waals surface area contributed by atoms with Gasteiger partial charge in [0.25, 0.3) is 12.0 Å². The van der Waals surface area contributed by atoms with Crippen molar-refractivity contribution >= 4 is 166 Å². The fourth-order valence-corrected chi connectivity index (χ4v) is 11.1. The van der Waals surface area contributed by atoms with Gasteiger partial charge >= 0.3 is 47.6 Å². The number of carbonyl (C=O) groups excluding carboxylic acids is 3. The molecule has 0 radical (unpaired) electrons. The second-order valence-electron chi connectivity index (χ2n) is 31.3. The number of hydrogen-bond donors (Lipinski definition) is 5. The number of aromatic nitrogens is 5. The van der Waals surface area contributed by atoms with Crippen LogP contribution < -0.4 is 54.7 Å². The molecule has 104 heavy (non-hydrogen) atoms. The number of anilines is 5. The molecule has 0 atom stereocenters. The van der Waals surface area contributed by atoms with Crippen LogP contribution in [0, 0.1) is 0 Å². The summed E-state index contributed by atoms with van der Waals surface area (Å²) in [4.78, 5) is 50.0. The lowest BCUT2D eigenvalue weighted by molar-refractivity contribution is -0.115. The Kier molecular flexibility index (Phi) is 20.1. The standard InChI is InChI=1S/3C15H19BN2O4.2C13H17BN2O3/c1-9(19)17-13-18-11-8-10(6-7-12(11)20-13)16-21-14(2,3)15(4,5)22-16;1-9(19)17-13-11-8-10(6-7-12(11)20-18-13)16-21-14(2,3)15(4,5)22-16;1-9(19)17-13-18-11-7-6-10(8-12(11)20-13)16-21-14(2,3)15(4,5)22-16;1-12(2)13(3,4)19-14(18-12)8-5-6-10-9(7-8)16-11(15)17-10;1-12(2)13(3,4)19-14(18-12)8-5-6-9-10(7-8)17-11(15)16-9/h3*6-8H,1-5H3,(H,17,18,19);2*5-7H,1-4H3,(H2,15,16). The summed E-state index contributed by atoms with van der Waals surface area (Å²) in [5, 5.41) is 12.3. The lowest BCUT2D eigenvalue weighted by Crippen LogP contribution is -2.41. The van der Waals surface area contributed by atoms with Crippen LogP contribution in [0.15, 0.2) is 113 Å². The van der Waals surface area contributed by atoms with Crippen molar-refractivity contribution in [1.29, 1.82) is 0 Å². The molecule has 0 spiro atoms. The SMILES string of the molecule is CC(=O)Nc1nc2cc(B3OC(C)(C)C(C)(C)O3)ccc2o1.CC(=O)Nc1nc2ccc(B3OC(C)(C)C(C)(C)O3)cc2o1.CC(=O)Nc1noc2ccc(B3OC(C)(C)C(C)(C)O3)cc12.CC1(C)OB(c2ccc3nc(N)oc3c2)OC1(C)C.CC1(C)OB(c2ccc3oc(N)nc3c2)OC1(C)C. The highest BCUT2D eigenvalue weighted by molar-refractivity contribution is 6.64. The van der Waals surface area contributed by atoms with Crippen LogP contribution in [-0.4, -0.2) is 134 Å². The van der Waals surface area contributed by atoms with E-state index in [4.69, 9.17) is 80.2 Å².